The highest BCUT2D eigenvalue weighted by Gasteiger charge is 2.28. The summed E-state index contributed by atoms with van der Waals surface area (Å²) in [5.41, 5.74) is 4.78. The third-order valence-electron chi connectivity index (χ3n) is 5.08. The Balaban J connectivity index is 0.000000158. The van der Waals surface area contributed by atoms with Gasteiger partial charge < -0.3 is 14.8 Å². The van der Waals surface area contributed by atoms with Crippen LogP contribution in [0.1, 0.15) is 11.1 Å². The Bertz CT molecular complexity index is 1100. The lowest BCUT2D eigenvalue weighted by molar-refractivity contribution is -0.117. The molecule has 3 aromatic carbocycles. The molecular weight excluding hydrogens is 380 g/mol. The highest BCUT2D eigenvalue weighted by Crippen LogP contribution is 2.37. The number of methoxy groups -OCH3 is 2. The van der Waals surface area contributed by atoms with Crippen molar-refractivity contribution in [2.75, 3.05) is 24.4 Å². The molecule has 0 fully saturated rings. The Hall–Kier alpha value is -3.80. The zero-order valence-electron chi connectivity index (χ0n) is 16.8. The number of fused-ring (bicyclic) bond motifs is 2. The maximum Gasteiger partial charge on any atom is 0.236 e. The lowest BCUT2D eigenvalue weighted by Crippen LogP contribution is -2.20. The van der Waals surface area contributed by atoms with Crippen molar-refractivity contribution in [1.82, 2.24) is 0 Å². The molecule has 6 nitrogen and oxygen atoms in total. The van der Waals surface area contributed by atoms with Gasteiger partial charge >= 0.3 is 0 Å². The molecule has 2 aliphatic heterocycles. The van der Waals surface area contributed by atoms with Crippen molar-refractivity contribution < 1.29 is 19.1 Å². The first kappa shape index (κ1) is 19.5. The molecule has 0 saturated carbocycles. The first-order valence-corrected chi connectivity index (χ1v) is 9.60. The molecule has 2 amide bonds. The average molecular weight is 402 g/mol. The Morgan fingerprint density at radius 2 is 1.47 bits per heavy atom. The van der Waals surface area contributed by atoms with Crippen LogP contribution in [0.4, 0.5) is 17.1 Å². The monoisotopic (exact) mass is 402 g/mol. The van der Waals surface area contributed by atoms with E-state index in [1.54, 1.807) is 19.1 Å². The van der Waals surface area contributed by atoms with E-state index in [2.05, 4.69) is 5.32 Å². The van der Waals surface area contributed by atoms with Crippen molar-refractivity contribution in [2.24, 2.45) is 0 Å². The van der Waals surface area contributed by atoms with E-state index in [4.69, 9.17) is 9.47 Å². The molecule has 0 bridgehead atoms. The van der Waals surface area contributed by atoms with Crippen LogP contribution in [-0.4, -0.2) is 26.0 Å². The van der Waals surface area contributed by atoms with E-state index in [1.807, 2.05) is 66.7 Å². The number of amides is 2. The fourth-order valence-electron chi connectivity index (χ4n) is 3.59. The zero-order valence-corrected chi connectivity index (χ0v) is 16.8. The van der Waals surface area contributed by atoms with Gasteiger partial charge in [0.2, 0.25) is 11.8 Å². The number of benzene rings is 3. The molecule has 0 aromatic heterocycles. The summed E-state index contributed by atoms with van der Waals surface area (Å²) in [7, 11) is 3.24. The fourth-order valence-corrected chi connectivity index (χ4v) is 3.59. The predicted octanol–water partition coefficient (Wildman–Crippen LogP) is 4.11. The van der Waals surface area contributed by atoms with Gasteiger partial charge in [0.05, 0.1) is 32.7 Å². The van der Waals surface area contributed by atoms with Crippen LogP contribution >= 0.6 is 0 Å². The maximum atomic E-state index is 12.1. The van der Waals surface area contributed by atoms with Gasteiger partial charge in [-0.2, -0.15) is 0 Å². The average Bonchev–Trinajstić information content (AvgIpc) is 3.31. The second-order valence-electron chi connectivity index (χ2n) is 6.98. The molecule has 0 aliphatic carbocycles. The van der Waals surface area contributed by atoms with Gasteiger partial charge in [-0.3, -0.25) is 14.5 Å². The number of hydrogen-bond donors (Lipinski definition) is 1. The lowest BCUT2D eigenvalue weighted by atomic mass is 10.1. The summed E-state index contributed by atoms with van der Waals surface area (Å²) in [6.45, 7) is 0. The van der Waals surface area contributed by atoms with Crippen molar-refractivity contribution in [3.8, 4) is 11.5 Å². The van der Waals surface area contributed by atoms with Crippen LogP contribution in [-0.2, 0) is 22.4 Å². The third kappa shape index (κ3) is 3.85. The standard InChI is InChI=1S/C15H13NO2.C9H9NO2/c1-18-13-8-7-11-9-15(17)16(14(11)10-13)12-5-3-2-4-6-12;1-12-7-3-2-6-4-9(11)10-8(6)5-7/h2-8,10H,9H2,1H3;2-3,5H,4H2,1H3,(H,10,11). The predicted molar refractivity (Wildman–Crippen MR) is 116 cm³/mol. The van der Waals surface area contributed by atoms with Crippen molar-refractivity contribution >= 4 is 28.9 Å². The minimum absolute atomic E-state index is 0.0539. The molecule has 3 aromatic rings. The summed E-state index contributed by atoms with van der Waals surface area (Å²) < 4.78 is 10.2. The van der Waals surface area contributed by atoms with Gasteiger partial charge in [-0.05, 0) is 35.4 Å². The van der Waals surface area contributed by atoms with Crippen molar-refractivity contribution in [1.29, 1.82) is 0 Å². The van der Waals surface area contributed by atoms with Crippen LogP contribution in [0, 0.1) is 0 Å². The first-order valence-electron chi connectivity index (χ1n) is 9.60. The molecule has 0 unspecified atom stereocenters. The summed E-state index contributed by atoms with van der Waals surface area (Å²) in [6, 6.07) is 21.0. The Labute approximate surface area is 175 Å². The second-order valence-corrected chi connectivity index (χ2v) is 6.98. The van der Waals surface area contributed by atoms with E-state index in [-0.39, 0.29) is 11.8 Å². The second kappa shape index (κ2) is 8.29. The molecule has 1 N–H and O–H groups in total. The van der Waals surface area contributed by atoms with Gasteiger partial charge in [0.25, 0.3) is 0 Å². The number of carbonyl (C=O) groups is 2. The molecule has 2 aliphatic rings. The van der Waals surface area contributed by atoms with Gasteiger partial charge in [-0.25, -0.2) is 0 Å². The number of hydrogen-bond acceptors (Lipinski definition) is 4. The van der Waals surface area contributed by atoms with E-state index >= 15 is 0 Å². The Morgan fingerprint density at radius 3 is 2.17 bits per heavy atom. The first-order chi connectivity index (χ1) is 14.6. The quantitative estimate of drug-likeness (QED) is 0.716. The smallest absolute Gasteiger partial charge is 0.236 e. The van der Waals surface area contributed by atoms with Crippen LogP contribution in [0.15, 0.2) is 66.7 Å². The lowest BCUT2D eigenvalue weighted by Gasteiger charge is -2.17. The van der Waals surface area contributed by atoms with E-state index < -0.39 is 0 Å². The van der Waals surface area contributed by atoms with Crippen LogP contribution < -0.4 is 19.7 Å². The summed E-state index contributed by atoms with van der Waals surface area (Å²) in [4.78, 5) is 24.8. The minimum atomic E-state index is 0.0539. The number of nitrogens with one attached hydrogen (secondary N) is 1. The highest BCUT2D eigenvalue weighted by atomic mass is 16.5. The molecule has 6 heteroatoms. The number of rotatable bonds is 3. The normalized spacial score (nSPS) is 13.7. The number of ether oxygens (including phenoxy) is 2. The molecule has 0 saturated heterocycles. The van der Waals surface area contributed by atoms with Crippen molar-refractivity contribution in [3.63, 3.8) is 0 Å². The minimum Gasteiger partial charge on any atom is -0.497 e. The van der Waals surface area contributed by atoms with Crippen LogP contribution in [0.25, 0.3) is 0 Å². The number of anilines is 3. The zero-order chi connectivity index (χ0) is 21.1. The van der Waals surface area contributed by atoms with Gasteiger partial charge in [0.15, 0.2) is 0 Å². The SMILES string of the molecule is COc1ccc2c(c1)N(c1ccccc1)C(=O)C2.COc1ccc2c(c1)NC(=O)C2. The molecule has 30 heavy (non-hydrogen) atoms. The molecule has 5 rings (SSSR count). The Kier molecular flexibility index (Phi) is 5.39. The largest absolute Gasteiger partial charge is 0.497 e. The van der Waals surface area contributed by atoms with Crippen molar-refractivity contribution in [2.45, 2.75) is 12.8 Å². The summed E-state index contributed by atoms with van der Waals surface area (Å²) in [5.74, 6) is 1.70. The van der Waals surface area contributed by atoms with Gasteiger partial charge in [0.1, 0.15) is 11.5 Å². The summed E-state index contributed by atoms with van der Waals surface area (Å²) in [6.07, 6.45) is 0.938. The molecule has 0 atom stereocenters. The molecule has 152 valence electrons. The van der Waals surface area contributed by atoms with Crippen LogP contribution in [0.3, 0.4) is 0 Å². The fraction of sp³-hybridized carbons (Fsp3) is 0.167. The van der Waals surface area contributed by atoms with Crippen LogP contribution in [0.2, 0.25) is 0 Å². The third-order valence-corrected chi connectivity index (χ3v) is 5.08. The summed E-state index contributed by atoms with van der Waals surface area (Å²) >= 11 is 0. The van der Waals surface area contributed by atoms with E-state index in [9.17, 15) is 9.59 Å². The molecule has 0 spiro atoms. The molecule has 0 radical (unpaired) electrons. The topological polar surface area (TPSA) is 67.9 Å². The summed E-state index contributed by atoms with van der Waals surface area (Å²) in [5, 5.41) is 2.75. The number of para-hydroxylation sites is 1. The van der Waals surface area contributed by atoms with Gasteiger partial charge in [-0.1, -0.05) is 30.3 Å². The number of nitrogens with zero attached hydrogens (tertiary/aromatic N) is 1. The maximum absolute atomic E-state index is 12.1. The van der Waals surface area contributed by atoms with E-state index in [0.29, 0.717) is 12.8 Å². The molecular formula is C24H22N2O4. The highest BCUT2D eigenvalue weighted by molar-refractivity contribution is 6.07. The van der Waals surface area contributed by atoms with Gasteiger partial charge in [-0.15, -0.1) is 0 Å². The van der Waals surface area contributed by atoms with E-state index in [0.717, 1.165) is 39.7 Å². The van der Waals surface area contributed by atoms with Crippen LogP contribution in [0.5, 0.6) is 11.5 Å². The Morgan fingerprint density at radius 1 is 0.800 bits per heavy atom. The number of carbonyl (C=O) groups excluding carboxylic acids is 2. The van der Waals surface area contributed by atoms with Crippen molar-refractivity contribution in [3.05, 3.63) is 77.9 Å². The van der Waals surface area contributed by atoms with E-state index in [1.165, 1.54) is 0 Å². The van der Waals surface area contributed by atoms with Gasteiger partial charge in [0, 0.05) is 23.5 Å². The molecule has 2 heterocycles.